The van der Waals surface area contributed by atoms with Crippen LogP contribution in [0, 0.1) is 0 Å². The van der Waals surface area contributed by atoms with Gasteiger partial charge in [0.25, 0.3) is 0 Å². The molecule has 0 radical (unpaired) electrons. The Morgan fingerprint density at radius 2 is 0.963 bits per heavy atom. The highest BCUT2D eigenvalue weighted by Gasteiger charge is 2.22. The number of nitrogens with zero attached hydrogens (tertiary/aromatic N) is 5. The molecule has 0 aromatic carbocycles. The van der Waals surface area contributed by atoms with Gasteiger partial charge in [-0.3, -0.25) is 9.80 Å². The molecule has 11 nitrogen and oxygen atoms in total. The van der Waals surface area contributed by atoms with Crippen molar-refractivity contribution in [2.75, 3.05) is 92.6 Å². The molecule has 0 aliphatic rings. The molecule has 0 fully saturated rings. The van der Waals surface area contributed by atoms with Gasteiger partial charge in [0, 0.05) is 42.7 Å². The van der Waals surface area contributed by atoms with Crippen LogP contribution in [0.4, 0.5) is 11.9 Å². The topological polar surface area (TPSA) is 101 Å². The molecule has 11 heteroatoms. The smallest absolute Gasteiger partial charge is 0.234 e. The van der Waals surface area contributed by atoms with Crippen molar-refractivity contribution < 1.29 is 28.4 Å². The first kappa shape index (κ1) is 23.4. The molecule has 0 aliphatic heterocycles. The van der Waals surface area contributed by atoms with E-state index in [1.165, 1.54) is 0 Å². The summed E-state index contributed by atoms with van der Waals surface area (Å²) in [5.41, 5.74) is 0. The quantitative estimate of drug-likeness (QED) is 0.387. The second-order valence-corrected chi connectivity index (χ2v) is 5.65. The molecule has 0 atom stereocenters. The maximum atomic E-state index is 5.30. The van der Waals surface area contributed by atoms with Gasteiger partial charge in [-0.2, -0.15) is 15.0 Å². The minimum absolute atomic E-state index is 0.167. The second kappa shape index (κ2) is 13.5. The Balaban J connectivity index is 3.38. The van der Waals surface area contributed by atoms with Crippen molar-refractivity contribution in [1.29, 1.82) is 0 Å². The number of aromatic nitrogens is 3. The van der Waals surface area contributed by atoms with Gasteiger partial charge in [-0.15, -0.1) is 0 Å². The van der Waals surface area contributed by atoms with Crippen LogP contribution in [0.15, 0.2) is 0 Å². The van der Waals surface area contributed by atoms with E-state index in [1.54, 1.807) is 52.5 Å². The molecule has 0 spiro atoms. The molecule has 0 amide bonds. The molecule has 27 heavy (non-hydrogen) atoms. The first-order valence-electron chi connectivity index (χ1n) is 8.34. The Labute approximate surface area is 160 Å². The fourth-order valence-corrected chi connectivity index (χ4v) is 2.36. The summed E-state index contributed by atoms with van der Waals surface area (Å²) in [7, 11) is 9.60. The predicted molar refractivity (Wildman–Crippen MR) is 98.8 cm³/mol. The van der Waals surface area contributed by atoms with Gasteiger partial charge < -0.3 is 28.4 Å². The summed E-state index contributed by atoms with van der Waals surface area (Å²) in [6.45, 7) is 1.82. The van der Waals surface area contributed by atoms with Crippen molar-refractivity contribution in [1.82, 2.24) is 15.0 Å². The summed E-state index contributed by atoms with van der Waals surface area (Å²) in [5.74, 6) is 1.19. The van der Waals surface area contributed by atoms with E-state index in [-0.39, 0.29) is 32.8 Å². The van der Waals surface area contributed by atoms with Gasteiger partial charge in [0.15, 0.2) is 0 Å². The van der Waals surface area contributed by atoms with Gasteiger partial charge in [0.2, 0.25) is 11.9 Å². The number of hydrogen-bond acceptors (Lipinski definition) is 11. The van der Waals surface area contributed by atoms with E-state index in [4.69, 9.17) is 28.4 Å². The van der Waals surface area contributed by atoms with Gasteiger partial charge in [-0.05, 0) is 0 Å². The van der Waals surface area contributed by atoms with Crippen molar-refractivity contribution in [2.24, 2.45) is 0 Å². The molecule has 0 N–H and O–H groups in total. The summed E-state index contributed by atoms with van der Waals surface area (Å²) in [6, 6.07) is 0. The zero-order valence-corrected chi connectivity index (χ0v) is 17.0. The van der Waals surface area contributed by atoms with Crippen molar-refractivity contribution in [3.63, 3.8) is 0 Å². The van der Waals surface area contributed by atoms with E-state index in [2.05, 4.69) is 15.0 Å². The minimum Gasteiger partial charge on any atom is -0.384 e. The molecule has 156 valence electrons. The molecule has 0 aliphatic carbocycles. The molecule has 0 saturated carbocycles. The first-order chi connectivity index (χ1) is 13.1. The highest BCUT2D eigenvalue weighted by atomic mass is 16.5. The summed E-state index contributed by atoms with van der Waals surface area (Å²) >= 11 is 0. The van der Waals surface area contributed by atoms with Gasteiger partial charge in [-0.25, -0.2) is 0 Å². The molecular weight excluding hydrogens is 358 g/mol. The first-order valence-corrected chi connectivity index (χ1v) is 8.34. The molecule has 1 aromatic heterocycles. The summed E-state index contributed by atoms with van der Waals surface area (Å²) < 4.78 is 31.5. The van der Waals surface area contributed by atoms with Gasteiger partial charge in [0.05, 0.1) is 19.1 Å². The second-order valence-electron chi connectivity index (χ2n) is 5.65. The summed E-state index contributed by atoms with van der Waals surface area (Å²) in [6.07, 6.45) is 0. The van der Waals surface area contributed by atoms with Crippen LogP contribution in [-0.4, -0.2) is 97.7 Å². The summed E-state index contributed by atoms with van der Waals surface area (Å²) in [5, 5.41) is 0. The molecule has 1 heterocycles. The fraction of sp³-hybridized carbons (Fsp3) is 0.812. The average molecular weight is 389 g/mol. The maximum Gasteiger partial charge on any atom is 0.234 e. The number of ether oxygens (including phenoxy) is 6. The Morgan fingerprint density at radius 3 is 1.26 bits per heavy atom. The van der Waals surface area contributed by atoms with Crippen LogP contribution in [0.5, 0.6) is 0 Å². The Bertz CT molecular complexity index is 422. The summed E-state index contributed by atoms with van der Waals surface area (Å²) in [4.78, 5) is 17.2. The highest BCUT2D eigenvalue weighted by Crippen LogP contribution is 2.20. The third-order valence-electron chi connectivity index (χ3n) is 3.44. The fourth-order valence-electron chi connectivity index (χ4n) is 2.36. The van der Waals surface area contributed by atoms with Crippen molar-refractivity contribution in [3.8, 4) is 0 Å². The number of hydrogen-bond donors (Lipinski definition) is 0. The predicted octanol–water partition coefficient (Wildman–Crippen LogP) is 0.276. The zero-order chi connectivity index (χ0) is 20.1. The number of anilines is 2. The minimum atomic E-state index is -0.167. The van der Waals surface area contributed by atoms with E-state index in [1.807, 2.05) is 0 Å². The lowest BCUT2D eigenvalue weighted by molar-refractivity contribution is 0.113. The third-order valence-corrected chi connectivity index (χ3v) is 3.44. The van der Waals surface area contributed by atoms with Crippen LogP contribution >= 0.6 is 0 Å². The van der Waals surface area contributed by atoms with Crippen molar-refractivity contribution in [2.45, 2.75) is 5.92 Å². The molecule has 1 rings (SSSR count). The van der Waals surface area contributed by atoms with Crippen LogP contribution < -0.4 is 9.80 Å². The molecular formula is C16H31N5O6. The average Bonchev–Trinajstić information content (AvgIpc) is 2.67. The van der Waals surface area contributed by atoms with Crippen LogP contribution in [0.3, 0.4) is 0 Å². The number of rotatable bonds is 15. The van der Waals surface area contributed by atoms with Crippen LogP contribution in [0.1, 0.15) is 11.7 Å². The van der Waals surface area contributed by atoms with E-state index in [0.717, 1.165) is 0 Å². The molecule has 1 aromatic rings. The Morgan fingerprint density at radius 1 is 0.593 bits per heavy atom. The lowest BCUT2D eigenvalue weighted by Crippen LogP contribution is -2.34. The molecule has 0 bridgehead atoms. The highest BCUT2D eigenvalue weighted by molar-refractivity contribution is 5.38. The SMILES string of the molecule is COCC(COC)c1nc(N(COC)COC)nc(N(COC)COC)n1. The lowest BCUT2D eigenvalue weighted by Gasteiger charge is -2.26. The van der Waals surface area contributed by atoms with E-state index in [9.17, 15) is 0 Å². The van der Waals surface area contributed by atoms with Gasteiger partial charge in [0.1, 0.15) is 32.7 Å². The monoisotopic (exact) mass is 389 g/mol. The molecule has 0 unspecified atom stereocenters. The normalized spacial score (nSPS) is 11.2. The molecule has 0 saturated heterocycles. The van der Waals surface area contributed by atoms with E-state index in [0.29, 0.717) is 30.9 Å². The number of methoxy groups -OCH3 is 6. The Hall–Kier alpha value is -1.63. The zero-order valence-electron chi connectivity index (χ0n) is 17.0. The van der Waals surface area contributed by atoms with Gasteiger partial charge >= 0.3 is 0 Å². The largest absolute Gasteiger partial charge is 0.384 e. The van der Waals surface area contributed by atoms with E-state index < -0.39 is 0 Å². The van der Waals surface area contributed by atoms with Crippen molar-refractivity contribution >= 4 is 11.9 Å². The van der Waals surface area contributed by atoms with Crippen LogP contribution in [0.25, 0.3) is 0 Å². The van der Waals surface area contributed by atoms with Crippen LogP contribution in [0.2, 0.25) is 0 Å². The van der Waals surface area contributed by atoms with Gasteiger partial charge in [-0.1, -0.05) is 0 Å². The van der Waals surface area contributed by atoms with Crippen molar-refractivity contribution in [3.05, 3.63) is 5.82 Å². The third kappa shape index (κ3) is 7.48. The lowest BCUT2D eigenvalue weighted by atomic mass is 10.1. The Kier molecular flexibility index (Phi) is 11.7. The maximum absolute atomic E-state index is 5.30. The van der Waals surface area contributed by atoms with Crippen LogP contribution in [-0.2, 0) is 28.4 Å². The van der Waals surface area contributed by atoms with E-state index >= 15 is 0 Å². The standard InChI is InChI=1S/C16H31N5O6/c1-22-7-13(8-23-2)14-17-15(20(9-24-3)10-25-4)19-16(18-14)21(11-26-5)12-27-6/h13H,7-12H2,1-6H3.